The molecule has 0 bridgehead atoms. The van der Waals surface area contributed by atoms with Gasteiger partial charge in [0.05, 0.1) is 0 Å². The Morgan fingerprint density at radius 2 is 0.760 bits per heavy atom. The van der Waals surface area contributed by atoms with E-state index in [4.69, 9.17) is 5.73 Å². The van der Waals surface area contributed by atoms with Gasteiger partial charge in [-0.05, 0) is 42.9 Å². The van der Waals surface area contributed by atoms with Gasteiger partial charge in [-0.2, -0.15) is 0 Å². The third-order valence-electron chi connectivity index (χ3n) is 5.64. The summed E-state index contributed by atoms with van der Waals surface area (Å²) in [6.45, 7) is 14.0. The Labute approximate surface area is 160 Å². The van der Waals surface area contributed by atoms with E-state index in [0.717, 1.165) is 23.7 Å². The zero-order chi connectivity index (χ0) is 19.1. The molecular formula is C24H51N. The molecule has 1 heteroatoms. The maximum absolute atomic E-state index is 6.64. The van der Waals surface area contributed by atoms with Crippen molar-refractivity contribution in [1.82, 2.24) is 0 Å². The smallest absolute Gasteiger partial charge is 0.00671 e. The van der Waals surface area contributed by atoms with Crippen molar-refractivity contribution in [2.75, 3.05) is 0 Å². The Hall–Kier alpha value is -0.0400. The summed E-state index contributed by atoms with van der Waals surface area (Å²) >= 11 is 0. The molecular weight excluding hydrogens is 302 g/mol. The Kier molecular flexibility index (Phi) is 16.1. The van der Waals surface area contributed by atoms with Crippen LogP contribution < -0.4 is 5.73 Å². The minimum Gasteiger partial charge on any atom is -0.327 e. The second kappa shape index (κ2) is 16.2. The van der Waals surface area contributed by atoms with E-state index >= 15 is 0 Å². The van der Waals surface area contributed by atoms with Gasteiger partial charge < -0.3 is 5.73 Å². The Morgan fingerprint density at radius 3 is 1.20 bits per heavy atom. The molecule has 0 spiro atoms. The summed E-state index contributed by atoms with van der Waals surface area (Å²) in [4.78, 5) is 0. The molecule has 0 rings (SSSR count). The van der Waals surface area contributed by atoms with E-state index in [1.165, 1.54) is 83.5 Å². The molecule has 0 fully saturated rings. The lowest BCUT2D eigenvalue weighted by Gasteiger charge is -2.24. The van der Waals surface area contributed by atoms with Crippen LogP contribution in [0.4, 0.5) is 0 Å². The molecule has 25 heavy (non-hydrogen) atoms. The fourth-order valence-electron chi connectivity index (χ4n) is 3.84. The molecule has 2 atom stereocenters. The summed E-state index contributed by atoms with van der Waals surface area (Å²) in [6.07, 6.45) is 17.8. The van der Waals surface area contributed by atoms with Crippen LogP contribution in [-0.4, -0.2) is 6.04 Å². The van der Waals surface area contributed by atoms with E-state index in [1.807, 2.05) is 0 Å². The molecule has 152 valence electrons. The van der Waals surface area contributed by atoms with Gasteiger partial charge in [-0.3, -0.25) is 0 Å². The van der Waals surface area contributed by atoms with Gasteiger partial charge >= 0.3 is 0 Å². The molecule has 0 aliphatic heterocycles. The van der Waals surface area contributed by atoms with E-state index in [-0.39, 0.29) is 0 Å². The lowest BCUT2D eigenvalue weighted by Crippen LogP contribution is -2.30. The van der Waals surface area contributed by atoms with Gasteiger partial charge in [0.2, 0.25) is 0 Å². The van der Waals surface area contributed by atoms with Crippen molar-refractivity contribution >= 4 is 0 Å². The molecule has 0 aliphatic carbocycles. The number of rotatable bonds is 17. The topological polar surface area (TPSA) is 26.0 Å². The highest BCUT2D eigenvalue weighted by Crippen LogP contribution is 2.24. The van der Waals surface area contributed by atoms with E-state index in [2.05, 4.69) is 41.5 Å². The number of hydrogen-bond donors (Lipinski definition) is 1. The highest BCUT2D eigenvalue weighted by atomic mass is 14.6. The maximum atomic E-state index is 6.64. The average Bonchev–Trinajstić information content (AvgIpc) is 2.52. The highest BCUT2D eigenvalue weighted by molar-refractivity contribution is 4.74. The van der Waals surface area contributed by atoms with Crippen LogP contribution in [0.5, 0.6) is 0 Å². The van der Waals surface area contributed by atoms with Crippen molar-refractivity contribution < 1.29 is 0 Å². The highest BCUT2D eigenvalue weighted by Gasteiger charge is 2.17. The molecule has 2 unspecified atom stereocenters. The lowest BCUT2D eigenvalue weighted by atomic mass is 9.85. The first-order valence-corrected chi connectivity index (χ1v) is 11.6. The first-order valence-electron chi connectivity index (χ1n) is 11.6. The van der Waals surface area contributed by atoms with Gasteiger partial charge in [-0.25, -0.2) is 0 Å². The molecule has 2 N–H and O–H groups in total. The van der Waals surface area contributed by atoms with E-state index in [1.54, 1.807) is 0 Å². The van der Waals surface area contributed by atoms with Crippen molar-refractivity contribution in [2.24, 2.45) is 29.4 Å². The van der Waals surface area contributed by atoms with E-state index < -0.39 is 0 Å². The molecule has 0 aliphatic rings. The minimum atomic E-state index is 0.441. The SMILES string of the molecule is CC(C)CCCCCC(CCCCC(C)C)C(N)CCCCC(C)C. The molecule has 0 heterocycles. The normalized spacial score (nSPS) is 14.6. The fourth-order valence-corrected chi connectivity index (χ4v) is 3.84. The summed E-state index contributed by atoms with van der Waals surface area (Å²) < 4.78 is 0. The lowest BCUT2D eigenvalue weighted by molar-refractivity contribution is 0.317. The molecule has 0 aromatic rings. The van der Waals surface area contributed by atoms with Crippen LogP contribution in [0.25, 0.3) is 0 Å². The quantitative estimate of drug-likeness (QED) is 0.264. The van der Waals surface area contributed by atoms with Crippen molar-refractivity contribution in [1.29, 1.82) is 0 Å². The third kappa shape index (κ3) is 17.1. The molecule has 0 radical (unpaired) electrons. The van der Waals surface area contributed by atoms with Gasteiger partial charge in [-0.15, -0.1) is 0 Å². The van der Waals surface area contributed by atoms with Gasteiger partial charge in [0.15, 0.2) is 0 Å². The first-order chi connectivity index (χ1) is 11.8. The summed E-state index contributed by atoms with van der Waals surface area (Å²) in [7, 11) is 0. The molecule has 0 saturated heterocycles. The van der Waals surface area contributed by atoms with Crippen LogP contribution >= 0.6 is 0 Å². The third-order valence-corrected chi connectivity index (χ3v) is 5.64. The van der Waals surface area contributed by atoms with Crippen LogP contribution in [0.1, 0.15) is 125 Å². The molecule has 0 amide bonds. The van der Waals surface area contributed by atoms with Gasteiger partial charge in [0.1, 0.15) is 0 Å². The van der Waals surface area contributed by atoms with Gasteiger partial charge in [0, 0.05) is 6.04 Å². The van der Waals surface area contributed by atoms with Crippen LogP contribution in [0, 0.1) is 23.7 Å². The predicted molar refractivity (Wildman–Crippen MR) is 116 cm³/mol. The van der Waals surface area contributed by atoms with E-state index in [9.17, 15) is 0 Å². The van der Waals surface area contributed by atoms with Crippen molar-refractivity contribution in [2.45, 2.75) is 131 Å². The van der Waals surface area contributed by atoms with Crippen LogP contribution in [0.2, 0.25) is 0 Å². The zero-order valence-electron chi connectivity index (χ0n) is 18.7. The summed E-state index contributed by atoms with van der Waals surface area (Å²) in [5.74, 6) is 3.31. The van der Waals surface area contributed by atoms with Crippen LogP contribution in [-0.2, 0) is 0 Å². The molecule has 0 saturated carbocycles. The fraction of sp³-hybridized carbons (Fsp3) is 1.00. The predicted octanol–water partition coefficient (Wildman–Crippen LogP) is 7.97. The Morgan fingerprint density at radius 1 is 0.440 bits per heavy atom. The zero-order valence-corrected chi connectivity index (χ0v) is 18.7. The van der Waals surface area contributed by atoms with Gasteiger partial charge in [0.25, 0.3) is 0 Å². The molecule has 1 nitrogen and oxygen atoms in total. The molecule has 0 aromatic carbocycles. The number of hydrogen-bond acceptors (Lipinski definition) is 1. The first kappa shape index (κ1) is 25.0. The van der Waals surface area contributed by atoms with Crippen molar-refractivity contribution in [3.05, 3.63) is 0 Å². The molecule has 0 aromatic heterocycles. The largest absolute Gasteiger partial charge is 0.327 e. The Balaban J connectivity index is 4.11. The van der Waals surface area contributed by atoms with Crippen molar-refractivity contribution in [3.8, 4) is 0 Å². The summed E-state index contributed by atoms with van der Waals surface area (Å²) in [6, 6.07) is 0.441. The standard InChI is InChI=1S/C24H51N/c1-20(2)14-8-7-9-17-23(18-12-10-15-21(3)4)24(25)19-13-11-16-22(5)6/h20-24H,7-19,25H2,1-6H3. The van der Waals surface area contributed by atoms with Crippen LogP contribution in [0.3, 0.4) is 0 Å². The minimum absolute atomic E-state index is 0.441. The summed E-state index contributed by atoms with van der Waals surface area (Å²) in [5, 5.41) is 0. The maximum Gasteiger partial charge on any atom is 0.00671 e. The second-order valence-corrected chi connectivity index (χ2v) is 9.81. The van der Waals surface area contributed by atoms with E-state index in [0.29, 0.717) is 6.04 Å². The number of unbranched alkanes of at least 4 members (excludes halogenated alkanes) is 4. The monoisotopic (exact) mass is 353 g/mol. The number of nitrogens with two attached hydrogens (primary N) is 1. The Bertz CT molecular complexity index is 269. The van der Waals surface area contributed by atoms with Gasteiger partial charge in [-0.1, -0.05) is 106 Å². The average molecular weight is 354 g/mol. The second-order valence-electron chi connectivity index (χ2n) is 9.81. The van der Waals surface area contributed by atoms with Crippen molar-refractivity contribution in [3.63, 3.8) is 0 Å². The summed E-state index contributed by atoms with van der Waals surface area (Å²) in [5.41, 5.74) is 6.64. The van der Waals surface area contributed by atoms with Crippen LogP contribution in [0.15, 0.2) is 0 Å².